The van der Waals surface area contributed by atoms with Crippen molar-refractivity contribution in [3.63, 3.8) is 0 Å². The number of nitrogens with zero attached hydrogens (tertiary/aromatic N) is 1. The van der Waals surface area contributed by atoms with E-state index < -0.39 is 17.2 Å². The number of carbonyl (C=O) groups excluding carboxylic acids is 1. The zero-order valence-corrected chi connectivity index (χ0v) is 18.7. The van der Waals surface area contributed by atoms with Crippen molar-refractivity contribution in [2.24, 2.45) is 10.9 Å². The zero-order valence-electron chi connectivity index (χ0n) is 17.9. The van der Waals surface area contributed by atoms with Crippen molar-refractivity contribution >= 4 is 22.7 Å². The minimum Gasteiger partial charge on any atom is -0.493 e. The fourth-order valence-corrected chi connectivity index (χ4v) is 4.21. The molecule has 1 aliphatic carbocycles. The molecule has 2 heterocycles. The third-order valence-electron chi connectivity index (χ3n) is 5.06. The molecule has 2 atom stereocenters. The maximum atomic E-state index is 13.1. The van der Waals surface area contributed by atoms with Crippen LogP contribution in [0.1, 0.15) is 58.3 Å². The fourth-order valence-electron chi connectivity index (χ4n) is 3.11. The highest BCUT2D eigenvalue weighted by molar-refractivity contribution is 8.14. The molecule has 30 heavy (non-hydrogen) atoms. The summed E-state index contributed by atoms with van der Waals surface area (Å²) in [5.41, 5.74) is -1.42. The van der Waals surface area contributed by atoms with Crippen LogP contribution < -0.4 is 15.7 Å². The number of carbonyl (C=O) groups is 1. The highest BCUT2D eigenvalue weighted by Crippen LogP contribution is 2.33. The normalized spacial score (nSPS) is 21.6. The van der Waals surface area contributed by atoms with E-state index in [0.717, 1.165) is 19.3 Å². The number of amides is 1. The fraction of sp³-hybridized carbons (Fsp3) is 0.591. The predicted molar refractivity (Wildman–Crippen MR) is 118 cm³/mol. The number of nitrogens with one attached hydrogen (secondary N) is 1. The maximum Gasteiger partial charge on any atom is 0.339 e. The first-order chi connectivity index (χ1) is 14.3. The van der Waals surface area contributed by atoms with Gasteiger partial charge in [0.05, 0.1) is 25.3 Å². The average Bonchev–Trinajstić information content (AvgIpc) is 3.45. The third kappa shape index (κ3) is 5.68. The predicted octanol–water partition coefficient (Wildman–Crippen LogP) is 3.84. The molecule has 0 saturated heterocycles. The number of rotatable bonds is 11. The van der Waals surface area contributed by atoms with Crippen LogP contribution >= 0.6 is 11.8 Å². The molecule has 1 aromatic rings. The Labute approximate surface area is 181 Å². The summed E-state index contributed by atoms with van der Waals surface area (Å²) < 4.78 is 16.6. The number of aliphatic imine (C=N–C) groups is 1. The molecular formula is C22H30N2O5S. The van der Waals surface area contributed by atoms with Gasteiger partial charge in [-0.2, -0.15) is 0 Å². The molecule has 0 radical (unpaired) electrons. The Morgan fingerprint density at radius 1 is 1.43 bits per heavy atom. The zero-order chi connectivity index (χ0) is 21.7. The summed E-state index contributed by atoms with van der Waals surface area (Å²) in [6.07, 6.45) is 3.77. The third-order valence-corrected chi connectivity index (χ3v) is 6.36. The van der Waals surface area contributed by atoms with Crippen LogP contribution in [-0.4, -0.2) is 35.5 Å². The summed E-state index contributed by atoms with van der Waals surface area (Å²) in [6, 6.07) is 2.62. The van der Waals surface area contributed by atoms with Gasteiger partial charge in [-0.25, -0.2) is 4.79 Å². The standard InChI is InChI=1S/C22H30N2O5S/c1-5-7-17(18-10-16(11-19(25)29-18)28-12-15-8-9-15)23-21(26)22(4)13-30-20(24-22)14(3)27-6-2/h10-11,15,17H,3,5-9,12-13H2,1-2,4H3,(H,23,26). The monoisotopic (exact) mass is 434 g/mol. The van der Waals surface area contributed by atoms with Crippen LogP contribution in [0.2, 0.25) is 0 Å². The SMILES string of the molecule is C=C(OCC)C1=NC(C)(C(=O)NC(CCC)c2cc(OCC3CC3)cc(=O)o2)CS1. The van der Waals surface area contributed by atoms with Gasteiger partial charge in [-0.15, -0.1) is 11.8 Å². The average molecular weight is 435 g/mol. The Morgan fingerprint density at radius 2 is 2.20 bits per heavy atom. The Morgan fingerprint density at radius 3 is 2.87 bits per heavy atom. The van der Waals surface area contributed by atoms with Crippen molar-refractivity contribution in [3.05, 3.63) is 40.7 Å². The van der Waals surface area contributed by atoms with Crippen LogP contribution in [0, 0.1) is 5.92 Å². The molecule has 0 spiro atoms. The van der Waals surface area contributed by atoms with Gasteiger partial charge in [-0.05, 0) is 39.0 Å². The molecule has 1 N–H and O–H groups in total. The largest absolute Gasteiger partial charge is 0.493 e. The van der Waals surface area contributed by atoms with Crippen LogP contribution in [-0.2, 0) is 9.53 Å². The van der Waals surface area contributed by atoms with Crippen LogP contribution in [0.15, 0.2) is 38.7 Å². The van der Waals surface area contributed by atoms with Gasteiger partial charge in [-0.1, -0.05) is 19.9 Å². The van der Waals surface area contributed by atoms with Crippen LogP contribution in [0.25, 0.3) is 0 Å². The van der Waals surface area contributed by atoms with Crippen molar-refractivity contribution in [2.45, 2.75) is 58.0 Å². The van der Waals surface area contributed by atoms with Crippen molar-refractivity contribution in [3.8, 4) is 5.75 Å². The Balaban J connectivity index is 1.74. The first kappa shape index (κ1) is 22.5. The summed E-state index contributed by atoms with van der Waals surface area (Å²) in [5, 5.41) is 3.66. The molecule has 7 nitrogen and oxygen atoms in total. The lowest BCUT2D eigenvalue weighted by molar-refractivity contribution is -0.125. The summed E-state index contributed by atoms with van der Waals surface area (Å²) in [4.78, 5) is 29.7. The Bertz CT molecular complexity index is 877. The van der Waals surface area contributed by atoms with Gasteiger partial charge in [0.15, 0.2) is 0 Å². The van der Waals surface area contributed by atoms with Gasteiger partial charge in [0.1, 0.15) is 27.9 Å². The van der Waals surface area contributed by atoms with E-state index in [0.29, 0.717) is 53.6 Å². The Hall–Kier alpha value is -2.22. The van der Waals surface area contributed by atoms with Gasteiger partial charge in [0, 0.05) is 11.8 Å². The van der Waals surface area contributed by atoms with E-state index in [1.54, 1.807) is 13.0 Å². The van der Waals surface area contributed by atoms with E-state index in [9.17, 15) is 9.59 Å². The second kappa shape index (κ2) is 9.73. The number of thioether (sulfide) groups is 1. The topological polar surface area (TPSA) is 90.1 Å². The summed E-state index contributed by atoms with van der Waals surface area (Å²) in [6.45, 7) is 10.7. The lowest BCUT2D eigenvalue weighted by Crippen LogP contribution is -2.45. The molecular weight excluding hydrogens is 404 g/mol. The van der Waals surface area contributed by atoms with Crippen molar-refractivity contribution in [1.29, 1.82) is 0 Å². The lowest BCUT2D eigenvalue weighted by Gasteiger charge is -2.24. The number of hydrogen-bond donors (Lipinski definition) is 1. The molecule has 2 aliphatic rings. The number of ether oxygens (including phenoxy) is 2. The lowest BCUT2D eigenvalue weighted by atomic mass is 10.0. The first-order valence-electron chi connectivity index (χ1n) is 10.5. The van der Waals surface area contributed by atoms with Gasteiger partial charge in [0.2, 0.25) is 5.91 Å². The molecule has 1 saturated carbocycles. The van der Waals surface area contributed by atoms with Gasteiger partial charge in [-0.3, -0.25) is 9.79 Å². The van der Waals surface area contributed by atoms with Gasteiger partial charge in [0.25, 0.3) is 0 Å². The van der Waals surface area contributed by atoms with Crippen LogP contribution in [0.3, 0.4) is 0 Å². The van der Waals surface area contributed by atoms with Gasteiger partial charge >= 0.3 is 5.63 Å². The first-order valence-corrected chi connectivity index (χ1v) is 11.5. The van der Waals surface area contributed by atoms with E-state index in [1.165, 1.54) is 17.8 Å². The molecule has 1 amide bonds. The smallest absolute Gasteiger partial charge is 0.339 e. The Kier molecular flexibility index (Phi) is 7.28. The van der Waals surface area contributed by atoms with Crippen molar-refractivity contribution in [2.75, 3.05) is 19.0 Å². The van der Waals surface area contributed by atoms with E-state index >= 15 is 0 Å². The summed E-state index contributed by atoms with van der Waals surface area (Å²) in [5.74, 6) is 2.22. The summed E-state index contributed by atoms with van der Waals surface area (Å²) in [7, 11) is 0. The minimum absolute atomic E-state index is 0.223. The van der Waals surface area contributed by atoms with Crippen LogP contribution in [0.4, 0.5) is 0 Å². The van der Waals surface area contributed by atoms with E-state index in [-0.39, 0.29) is 5.91 Å². The molecule has 1 aliphatic heterocycles. The molecule has 2 unspecified atom stereocenters. The second-order valence-electron chi connectivity index (χ2n) is 7.92. The molecule has 0 bridgehead atoms. The highest BCUT2D eigenvalue weighted by atomic mass is 32.2. The molecule has 8 heteroatoms. The maximum absolute atomic E-state index is 13.1. The van der Waals surface area contributed by atoms with Crippen molar-refractivity contribution in [1.82, 2.24) is 5.32 Å². The van der Waals surface area contributed by atoms with Crippen molar-refractivity contribution < 1.29 is 18.7 Å². The van der Waals surface area contributed by atoms with E-state index in [1.807, 2.05) is 13.8 Å². The molecule has 164 valence electrons. The highest BCUT2D eigenvalue weighted by Gasteiger charge is 2.40. The molecule has 0 aromatic carbocycles. The second-order valence-corrected chi connectivity index (χ2v) is 8.88. The van der Waals surface area contributed by atoms with E-state index in [2.05, 4.69) is 16.9 Å². The van der Waals surface area contributed by atoms with Gasteiger partial charge < -0.3 is 19.2 Å². The molecule has 3 rings (SSSR count). The van der Waals surface area contributed by atoms with Crippen LogP contribution in [0.5, 0.6) is 5.75 Å². The quantitative estimate of drug-likeness (QED) is 0.532. The minimum atomic E-state index is -0.938. The molecule has 1 fully saturated rings. The van der Waals surface area contributed by atoms with E-state index in [4.69, 9.17) is 13.9 Å². The number of hydrogen-bond acceptors (Lipinski definition) is 7. The summed E-state index contributed by atoms with van der Waals surface area (Å²) >= 11 is 1.45. The molecule has 1 aromatic heterocycles.